The van der Waals surface area contributed by atoms with E-state index in [0.29, 0.717) is 5.82 Å². The van der Waals surface area contributed by atoms with Gasteiger partial charge in [0.1, 0.15) is 5.82 Å². The highest BCUT2D eigenvalue weighted by atomic mass is 35.5. The van der Waals surface area contributed by atoms with Crippen LogP contribution in [0.2, 0.25) is 0 Å². The number of hydrogen-bond acceptors (Lipinski definition) is 2. The number of pyridine rings is 1. The van der Waals surface area contributed by atoms with Crippen molar-refractivity contribution in [2.45, 2.75) is 0 Å². The molecule has 0 fully saturated rings. The number of nitrogens with one attached hydrogen (secondary N) is 1. The Morgan fingerprint density at radius 3 is 2.83 bits per heavy atom. The molecule has 0 radical (unpaired) electrons. The van der Waals surface area contributed by atoms with Crippen LogP contribution in [0.4, 0.5) is 5.82 Å². The molecule has 1 rings (SSSR count). The lowest BCUT2D eigenvalue weighted by Gasteiger charge is -2.00. The van der Waals surface area contributed by atoms with Crippen LogP contribution in [0.5, 0.6) is 0 Å². The van der Waals surface area contributed by atoms with Crippen LogP contribution in [0.15, 0.2) is 36.0 Å². The van der Waals surface area contributed by atoms with E-state index >= 15 is 0 Å². The molecule has 0 spiro atoms. The smallest absolute Gasteiger partial charge is 0.267 e. The Bertz CT molecular complexity index is 297. The minimum atomic E-state index is -0.435. The zero-order valence-corrected chi connectivity index (χ0v) is 7.01. The third-order valence-corrected chi connectivity index (χ3v) is 1.32. The zero-order valence-electron chi connectivity index (χ0n) is 6.25. The molecule has 0 saturated carbocycles. The van der Waals surface area contributed by atoms with E-state index in [-0.39, 0.29) is 5.03 Å². The molecule has 1 heterocycles. The molecule has 3 nitrogen and oxygen atoms in total. The van der Waals surface area contributed by atoms with Crippen LogP contribution in [0, 0.1) is 0 Å². The first-order chi connectivity index (χ1) is 5.70. The highest BCUT2D eigenvalue weighted by molar-refractivity contribution is 6.43. The first kappa shape index (κ1) is 8.74. The van der Waals surface area contributed by atoms with Gasteiger partial charge in [-0.25, -0.2) is 4.98 Å². The number of nitrogens with zero attached hydrogens (tertiary/aromatic N) is 1. The number of carbonyl (C=O) groups excluding carboxylic acids is 1. The minimum absolute atomic E-state index is 0.0550. The zero-order chi connectivity index (χ0) is 8.97. The Morgan fingerprint density at radius 2 is 2.33 bits per heavy atom. The van der Waals surface area contributed by atoms with Crippen molar-refractivity contribution >= 4 is 23.3 Å². The summed E-state index contributed by atoms with van der Waals surface area (Å²) >= 11 is 5.34. The van der Waals surface area contributed by atoms with E-state index in [1.165, 1.54) is 0 Å². The largest absolute Gasteiger partial charge is 0.306 e. The molecule has 0 unspecified atom stereocenters. The summed E-state index contributed by atoms with van der Waals surface area (Å²) in [6, 6.07) is 5.18. The maximum Gasteiger partial charge on any atom is 0.267 e. The Balaban J connectivity index is 2.65. The lowest BCUT2D eigenvalue weighted by Crippen LogP contribution is -2.11. The van der Waals surface area contributed by atoms with Crippen molar-refractivity contribution < 1.29 is 4.79 Å². The fraction of sp³-hybridized carbons (Fsp3) is 0. The lowest BCUT2D eigenvalue weighted by atomic mass is 10.4. The summed E-state index contributed by atoms with van der Waals surface area (Å²) in [7, 11) is 0. The molecule has 0 aliphatic carbocycles. The van der Waals surface area contributed by atoms with Gasteiger partial charge in [-0.15, -0.1) is 0 Å². The van der Waals surface area contributed by atoms with Gasteiger partial charge in [0.05, 0.1) is 5.03 Å². The Labute approximate surface area is 75.1 Å². The topological polar surface area (TPSA) is 42.0 Å². The molecule has 1 aromatic heterocycles. The molecular weight excluding hydrogens is 176 g/mol. The Morgan fingerprint density at radius 1 is 1.58 bits per heavy atom. The van der Waals surface area contributed by atoms with Gasteiger partial charge in [0.2, 0.25) is 0 Å². The van der Waals surface area contributed by atoms with Crippen LogP contribution in [0.25, 0.3) is 0 Å². The first-order valence-corrected chi connectivity index (χ1v) is 3.65. The maximum absolute atomic E-state index is 10.9. The van der Waals surface area contributed by atoms with Gasteiger partial charge in [0, 0.05) is 6.20 Å². The SMILES string of the molecule is C=C(Cl)C(=O)Nc1ccccn1. The maximum atomic E-state index is 10.9. The van der Waals surface area contributed by atoms with Crippen molar-refractivity contribution in [2.75, 3.05) is 5.32 Å². The second-order valence-electron chi connectivity index (χ2n) is 2.07. The van der Waals surface area contributed by atoms with Gasteiger partial charge >= 0.3 is 0 Å². The van der Waals surface area contributed by atoms with Crippen molar-refractivity contribution in [3.05, 3.63) is 36.0 Å². The number of carbonyl (C=O) groups is 1. The standard InChI is InChI=1S/C8H7ClN2O/c1-6(9)8(12)11-7-4-2-3-5-10-7/h2-5H,1H2,(H,10,11,12). The summed E-state index contributed by atoms with van der Waals surface area (Å²) in [6.45, 7) is 3.28. The second-order valence-corrected chi connectivity index (χ2v) is 2.53. The number of rotatable bonds is 2. The highest BCUT2D eigenvalue weighted by Crippen LogP contribution is 2.04. The van der Waals surface area contributed by atoms with Gasteiger partial charge in [0.25, 0.3) is 5.91 Å². The lowest BCUT2D eigenvalue weighted by molar-refractivity contribution is -0.112. The number of hydrogen-bond donors (Lipinski definition) is 1. The highest BCUT2D eigenvalue weighted by Gasteiger charge is 2.03. The molecular formula is C8H7ClN2O. The van der Waals surface area contributed by atoms with Crippen LogP contribution in [0.1, 0.15) is 0 Å². The third-order valence-electron chi connectivity index (χ3n) is 1.15. The minimum Gasteiger partial charge on any atom is -0.306 e. The average molecular weight is 183 g/mol. The number of aromatic nitrogens is 1. The fourth-order valence-electron chi connectivity index (χ4n) is 0.621. The predicted octanol–water partition coefficient (Wildman–Crippen LogP) is 1.77. The fourth-order valence-corrected chi connectivity index (χ4v) is 0.668. The van der Waals surface area contributed by atoms with Crippen molar-refractivity contribution in [2.24, 2.45) is 0 Å². The number of amides is 1. The van der Waals surface area contributed by atoms with Crippen molar-refractivity contribution in [3.8, 4) is 0 Å². The summed E-state index contributed by atoms with van der Waals surface area (Å²) in [5, 5.41) is 2.40. The van der Waals surface area contributed by atoms with Gasteiger partial charge in [-0.2, -0.15) is 0 Å². The van der Waals surface area contributed by atoms with Crippen LogP contribution in [-0.2, 0) is 4.79 Å². The van der Waals surface area contributed by atoms with Crippen LogP contribution >= 0.6 is 11.6 Å². The van der Waals surface area contributed by atoms with Crippen LogP contribution in [-0.4, -0.2) is 10.9 Å². The molecule has 1 N–H and O–H groups in total. The number of halogens is 1. The van der Waals surface area contributed by atoms with E-state index in [1.807, 2.05) is 0 Å². The summed E-state index contributed by atoms with van der Waals surface area (Å²) in [5.74, 6) is 0.0275. The summed E-state index contributed by atoms with van der Waals surface area (Å²) in [4.78, 5) is 14.8. The molecule has 0 atom stereocenters. The van der Waals surface area contributed by atoms with Gasteiger partial charge < -0.3 is 5.32 Å². The molecule has 62 valence electrons. The van der Waals surface area contributed by atoms with E-state index in [0.717, 1.165) is 0 Å². The van der Waals surface area contributed by atoms with Gasteiger partial charge in [0.15, 0.2) is 0 Å². The van der Waals surface area contributed by atoms with Gasteiger partial charge in [-0.05, 0) is 12.1 Å². The van der Waals surface area contributed by atoms with Gasteiger partial charge in [-0.1, -0.05) is 24.2 Å². The molecule has 4 heteroatoms. The predicted molar refractivity (Wildman–Crippen MR) is 47.9 cm³/mol. The molecule has 1 aromatic rings. The molecule has 0 saturated heterocycles. The second kappa shape index (κ2) is 3.88. The monoisotopic (exact) mass is 182 g/mol. The van der Waals surface area contributed by atoms with E-state index < -0.39 is 5.91 Å². The quantitative estimate of drug-likeness (QED) is 0.709. The van der Waals surface area contributed by atoms with Crippen molar-refractivity contribution in [1.29, 1.82) is 0 Å². The summed E-state index contributed by atoms with van der Waals surface area (Å²) < 4.78 is 0. The molecule has 0 aromatic carbocycles. The van der Waals surface area contributed by atoms with E-state index in [2.05, 4.69) is 16.9 Å². The first-order valence-electron chi connectivity index (χ1n) is 3.27. The molecule has 0 aliphatic rings. The van der Waals surface area contributed by atoms with E-state index in [1.54, 1.807) is 24.4 Å². The third kappa shape index (κ3) is 2.36. The average Bonchev–Trinajstić information content (AvgIpc) is 2.06. The normalized spacial score (nSPS) is 9.08. The molecule has 0 aliphatic heterocycles. The Hall–Kier alpha value is -1.35. The molecule has 12 heavy (non-hydrogen) atoms. The summed E-state index contributed by atoms with van der Waals surface area (Å²) in [6.07, 6.45) is 1.58. The van der Waals surface area contributed by atoms with E-state index in [9.17, 15) is 4.79 Å². The summed E-state index contributed by atoms with van der Waals surface area (Å²) in [5.41, 5.74) is 0. The number of anilines is 1. The van der Waals surface area contributed by atoms with E-state index in [4.69, 9.17) is 11.6 Å². The molecule has 1 amide bonds. The van der Waals surface area contributed by atoms with Crippen molar-refractivity contribution in [1.82, 2.24) is 4.98 Å². The van der Waals surface area contributed by atoms with Crippen LogP contribution < -0.4 is 5.32 Å². The van der Waals surface area contributed by atoms with Crippen molar-refractivity contribution in [3.63, 3.8) is 0 Å². The Kier molecular flexibility index (Phi) is 2.82. The van der Waals surface area contributed by atoms with Crippen LogP contribution in [0.3, 0.4) is 0 Å². The molecule has 0 bridgehead atoms. The van der Waals surface area contributed by atoms with Gasteiger partial charge in [-0.3, -0.25) is 4.79 Å².